The van der Waals surface area contributed by atoms with Crippen molar-refractivity contribution in [1.82, 2.24) is 9.21 Å². The SMILES string of the molecule is CS(=O)(=O)N1CCN(Cc2cccc(C(=O)Nc3ccc4c(c3)OCO4)c2)CC1. The molecule has 154 valence electrons. The first-order valence-corrected chi connectivity index (χ1v) is 11.2. The average Bonchev–Trinajstić information content (AvgIpc) is 3.16. The summed E-state index contributed by atoms with van der Waals surface area (Å²) >= 11 is 0. The zero-order valence-electron chi connectivity index (χ0n) is 16.1. The second-order valence-corrected chi connectivity index (χ2v) is 9.14. The monoisotopic (exact) mass is 417 g/mol. The molecule has 0 aliphatic carbocycles. The molecule has 1 amide bonds. The Bertz CT molecular complexity index is 1020. The van der Waals surface area contributed by atoms with Crippen LogP contribution in [-0.2, 0) is 16.6 Å². The lowest BCUT2D eigenvalue weighted by Gasteiger charge is -2.33. The molecule has 2 aromatic carbocycles. The molecule has 0 atom stereocenters. The van der Waals surface area contributed by atoms with E-state index in [2.05, 4.69) is 10.2 Å². The summed E-state index contributed by atoms with van der Waals surface area (Å²) in [7, 11) is -3.14. The highest BCUT2D eigenvalue weighted by Gasteiger charge is 2.23. The van der Waals surface area contributed by atoms with E-state index in [9.17, 15) is 13.2 Å². The van der Waals surface area contributed by atoms with Crippen molar-refractivity contribution in [2.24, 2.45) is 0 Å². The first-order chi connectivity index (χ1) is 13.9. The molecule has 0 saturated carbocycles. The third-order valence-corrected chi connectivity index (χ3v) is 6.33. The molecule has 29 heavy (non-hydrogen) atoms. The third kappa shape index (κ3) is 4.69. The predicted octanol–water partition coefficient (Wildman–Crippen LogP) is 1.74. The normalized spacial score (nSPS) is 17.3. The van der Waals surface area contributed by atoms with E-state index in [4.69, 9.17) is 9.47 Å². The molecular weight excluding hydrogens is 394 g/mol. The number of nitrogens with one attached hydrogen (secondary N) is 1. The number of ether oxygens (including phenoxy) is 2. The van der Waals surface area contributed by atoms with Gasteiger partial charge in [0, 0.05) is 50.0 Å². The summed E-state index contributed by atoms with van der Waals surface area (Å²) in [5.74, 6) is 1.08. The Hall–Kier alpha value is -2.62. The van der Waals surface area contributed by atoms with Crippen LogP contribution in [0.25, 0.3) is 0 Å². The lowest BCUT2D eigenvalue weighted by Crippen LogP contribution is -2.47. The Labute approximate surface area is 170 Å². The molecule has 2 aliphatic rings. The first-order valence-electron chi connectivity index (χ1n) is 9.36. The summed E-state index contributed by atoms with van der Waals surface area (Å²) in [6.07, 6.45) is 1.24. The van der Waals surface area contributed by atoms with Crippen molar-refractivity contribution in [2.75, 3.05) is 44.5 Å². The first kappa shape index (κ1) is 19.7. The fourth-order valence-electron chi connectivity index (χ4n) is 3.47. The average molecular weight is 417 g/mol. The van der Waals surface area contributed by atoms with Crippen molar-refractivity contribution in [1.29, 1.82) is 0 Å². The maximum atomic E-state index is 12.6. The number of carbonyl (C=O) groups excluding carboxylic acids is 1. The summed E-state index contributed by atoms with van der Waals surface area (Å²) in [4.78, 5) is 14.8. The number of sulfonamides is 1. The molecule has 1 N–H and O–H groups in total. The molecule has 0 unspecified atom stereocenters. The van der Waals surface area contributed by atoms with Gasteiger partial charge in [-0.3, -0.25) is 9.69 Å². The van der Waals surface area contributed by atoms with Crippen LogP contribution in [-0.4, -0.2) is 62.8 Å². The Morgan fingerprint density at radius 2 is 1.79 bits per heavy atom. The number of fused-ring (bicyclic) bond motifs is 1. The number of nitrogens with zero attached hydrogens (tertiary/aromatic N) is 2. The quantitative estimate of drug-likeness (QED) is 0.797. The molecule has 2 aliphatic heterocycles. The molecule has 0 spiro atoms. The van der Waals surface area contributed by atoms with Gasteiger partial charge >= 0.3 is 0 Å². The molecule has 0 bridgehead atoms. The number of rotatable bonds is 5. The maximum Gasteiger partial charge on any atom is 0.255 e. The van der Waals surface area contributed by atoms with Gasteiger partial charge in [0.2, 0.25) is 16.8 Å². The molecule has 4 rings (SSSR count). The summed E-state index contributed by atoms with van der Waals surface area (Å²) in [6, 6.07) is 12.8. The number of benzene rings is 2. The van der Waals surface area contributed by atoms with Crippen molar-refractivity contribution < 1.29 is 22.7 Å². The van der Waals surface area contributed by atoms with E-state index in [1.807, 2.05) is 18.2 Å². The minimum Gasteiger partial charge on any atom is -0.454 e. The van der Waals surface area contributed by atoms with Crippen LogP contribution in [0.15, 0.2) is 42.5 Å². The van der Waals surface area contributed by atoms with Crippen molar-refractivity contribution in [3.8, 4) is 11.5 Å². The molecule has 1 saturated heterocycles. The molecule has 0 radical (unpaired) electrons. The molecule has 8 nitrogen and oxygen atoms in total. The van der Waals surface area contributed by atoms with Gasteiger partial charge in [-0.2, -0.15) is 4.31 Å². The van der Waals surface area contributed by atoms with E-state index in [1.54, 1.807) is 24.3 Å². The van der Waals surface area contributed by atoms with Crippen LogP contribution in [0.1, 0.15) is 15.9 Å². The minimum absolute atomic E-state index is 0.188. The molecule has 0 aromatic heterocycles. The second kappa shape index (κ2) is 8.02. The topological polar surface area (TPSA) is 88.2 Å². The summed E-state index contributed by atoms with van der Waals surface area (Å²) in [5, 5.41) is 2.88. The predicted molar refractivity (Wildman–Crippen MR) is 109 cm³/mol. The number of carbonyl (C=O) groups is 1. The largest absolute Gasteiger partial charge is 0.454 e. The Kier molecular flexibility index (Phi) is 5.44. The maximum absolute atomic E-state index is 12.6. The van der Waals surface area contributed by atoms with E-state index in [-0.39, 0.29) is 12.7 Å². The molecule has 1 fully saturated rings. The van der Waals surface area contributed by atoms with Gasteiger partial charge in [0.05, 0.1) is 6.26 Å². The summed E-state index contributed by atoms with van der Waals surface area (Å²) < 4.78 is 35.4. The Morgan fingerprint density at radius 3 is 2.55 bits per heavy atom. The van der Waals surface area contributed by atoms with Crippen LogP contribution in [0, 0.1) is 0 Å². The van der Waals surface area contributed by atoms with Crippen LogP contribution in [0.5, 0.6) is 11.5 Å². The zero-order chi connectivity index (χ0) is 20.4. The van der Waals surface area contributed by atoms with Crippen LogP contribution in [0.3, 0.4) is 0 Å². The summed E-state index contributed by atoms with van der Waals surface area (Å²) in [6.45, 7) is 3.17. The fourth-order valence-corrected chi connectivity index (χ4v) is 4.29. The fraction of sp³-hybridized carbons (Fsp3) is 0.350. The van der Waals surface area contributed by atoms with Crippen molar-refractivity contribution in [3.05, 3.63) is 53.6 Å². The molecule has 9 heteroatoms. The molecular formula is C20H23N3O5S. The number of hydrogen-bond acceptors (Lipinski definition) is 6. The van der Waals surface area contributed by atoms with Gasteiger partial charge in [-0.15, -0.1) is 0 Å². The van der Waals surface area contributed by atoms with Crippen molar-refractivity contribution in [3.63, 3.8) is 0 Å². The Balaban J connectivity index is 1.38. The highest BCUT2D eigenvalue weighted by atomic mass is 32.2. The van der Waals surface area contributed by atoms with E-state index in [1.165, 1.54) is 10.6 Å². The lowest BCUT2D eigenvalue weighted by atomic mass is 10.1. The van der Waals surface area contributed by atoms with E-state index < -0.39 is 10.0 Å². The number of anilines is 1. The van der Waals surface area contributed by atoms with Crippen molar-refractivity contribution in [2.45, 2.75) is 6.54 Å². The van der Waals surface area contributed by atoms with Crippen molar-refractivity contribution >= 4 is 21.6 Å². The van der Waals surface area contributed by atoms with Crippen LogP contribution in [0.2, 0.25) is 0 Å². The zero-order valence-corrected chi connectivity index (χ0v) is 16.9. The smallest absolute Gasteiger partial charge is 0.255 e. The summed E-state index contributed by atoms with van der Waals surface area (Å²) in [5.41, 5.74) is 2.22. The van der Waals surface area contributed by atoms with Gasteiger partial charge in [0.15, 0.2) is 11.5 Å². The lowest BCUT2D eigenvalue weighted by molar-refractivity contribution is 0.102. The van der Waals surface area contributed by atoms with Gasteiger partial charge in [-0.05, 0) is 29.8 Å². The molecule has 2 aromatic rings. The third-order valence-electron chi connectivity index (χ3n) is 5.03. The van der Waals surface area contributed by atoms with Gasteiger partial charge in [0.25, 0.3) is 5.91 Å². The standard InChI is InChI=1S/C20H23N3O5S/c1-29(25,26)23-9-7-22(8-10-23)13-15-3-2-4-16(11-15)20(24)21-17-5-6-18-19(12-17)28-14-27-18/h2-6,11-12H,7-10,13-14H2,1H3,(H,21,24). The van der Waals surface area contributed by atoms with Gasteiger partial charge in [-0.25, -0.2) is 8.42 Å². The number of amides is 1. The number of piperazine rings is 1. The highest BCUT2D eigenvalue weighted by molar-refractivity contribution is 7.88. The van der Waals surface area contributed by atoms with E-state index in [0.717, 1.165) is 5.56 Å². The van der Waals surface area contributed by atoms with E-state index >= 15 is 0 Å². The van der Waals surface area contributed by atoms with Crippen LogP contribution < -0.4 is 14.8 Å². The van der Waals surface area contributed by atoms with Gasteiger partial charge in [0.1, 0.15) is 0 Å². The Morgan fingerprint density at radius 1 is 1.03 bits per heavy atom. The minimum atomic E-state index is -3.14. The van der Waals surface area contributed by atoms with E-state index in [0.29, 0.717) is 55.5 Å². The second-order valence-electron chi connectivity index (χ2n) is 7.16. The molecule has 2 heterocycles. The van der Waals surface area contributed by atoms with Gasteiger partial charge < -0.3 is 14.8 Å². The van der Waals surface area contributed by atoms with Crippen LogP contribution >= 0.6 is 0 Å². The highest BCUT2D eigenvalue weighted by Crippen LogP contribution is 2.34. The number of hydrogen-bond donors (Lipinski definition) is 1. The van der Waals surface area contributed by atoms with Crippen LogP contribution in [0.4, 0.5) is 5.69 Å². The van der Waals surface area contributed by atoms with Gasteiger partial charge in [-0.1, -0.05) is 12.1 Å².